The molecule has 0 aliphatic carbocycles. The molecule has 1 aromatic rings. The Balaban J connectivity index is 2.84. The van der Waals surface area contributed by atoms with E-state index in [9.17, 15) is 4.79 Å². The number of halogens is 2. The van der Waals surface area contributed by atoms with E-state index in [0.29, 0.717) is 35.3 Å². The van der Waals surface area contributed by atoms with Crippen LogP contribution in [-0.2, 0) is 4.74 Å². The summed E-state index contributed by atoms with van der Waals surface area (Å²) in [5, 5.41) is 9.35. The first-order valence-electron chi connectivity index (χ1n) is 5.70. The van der Waals surface area contributed by atoms with Crippen LogP contribution in [0.5, 0.6) is 0 Å². The van der Waals surface area contributed by atoms with Gasteiger partial charge < -0.3 is 9.64 Å². The van der Waals surface area contributed by atoms with E-state index in [1.807, 2.05) is 6.07 Å². The minimum absolute atomic E-state index is 0.189. The maximum atomic E-state index is 12.3. The molecule has 1 aromatic carbocycles. The van der Waals surface area contributed by atoms with Crippen LogP contribution in [0, 0.1) is 11.3 Å². The third kappa shape index (κ3) is 4.71. The van der Waals surface area contributed by atoms with Gasteiger partial charge in [0, 0.05) is 25.8 Å². The molecule has 0 N–H and O–H groups in total. The second-order valence-electron chi connectivity index (χ2n) is 3.82. The smallest absolute Gasteiger partial charge is 0.254 e. The lowest BCUT2D eigenvalue weighted by atomic mass is 10.2. The van der Waals surface area contributed by atoms with Crippen molar-refractivity contribution in [3.8, 4) is 6.07 Å². The van der Waals surface area contributed by atoms with Crippen molar-refractivity contribution in [1.29, 1.82) is 5.26 Å². The highest BCUT2D eigenvalue weighted by Gasteiger charge is 2.16. The van der Waals surface area contributed by atoms with Crippen molar-refractivity contribution in [3.05, 3.63) is 33.8 Å². The molecule has 0 aliphatic heterocycles. The van der Waals surface area contributed by atoms with Crippen LogP contribution in [0.25, 0.3) is 0 Å². The number of hydrogen-bond donors (Lipinski definition) is 0. The minimum atomic E-state index is -0.189. The zero-order valence-corrected chi connectivity index (χ0v) is 12.0. The highest BCUT2D eigenvalue weighted by Crippen LogP contribution is 2.23. The van der Waals surface area contributed by atoms with Gasteiger partial charge in [-0.25, -0.2) is 0 Å². The molecular weight excluding hydrogens is 287 g/mol. The van der Waals surface area contributed by atoms with Gasteiger partial charge in [0.25, 0.3) is 5.91 Å². The van der Waals surface area contributed by atoms with Crippen LogP contribution < -0.4 is 0 Å². The number of carbonyl (C=O) groups excluding carboxylic acids is 1. The Morgan fingerprint density at radius 3 is 2.68 bits per heavy atom. The first-order valence-corrected chi connectivity index (χ1v) is 6.46. The lowest BCUT2D eigenvalue weighted by Crippen LogP contribution is -2.34. The maximum absolute atomic E-state index is 12.3. The van der Waals surface area contributed by atoms with Crippen LogP contribution in [0.1, 0.15) is 16.8 Å². The summed E-state index contributed by atoms with van der Waals surface area (Å²) in [5.74, 6) is -0.189. The number of hydrogen-bond acceptors (Lipinski definition) is 3. The summed E-state index contributed by atoms with van der Waals surface area (Å²) in [5.41, 5.74) is 0.448. The number of rotatable bonds is 6. The number of carbonyl (C=O) groups is 1. The Kier molecular flexibility index (Phi) is 6.65. The normalized spacial score (nSPS) is 10.0. The molecule has 1 rings (SSSR count). The molecule has 0 aliphatic rings. The maximum Gasteiger partial charge on any atom is 0.254 e. The number of methoxy groups -OCH3 is 1. The van der Waals surface area contributed by atoms with E-state index in [-0.39, 0.29) is 12.3 Å². The summed E-state index contributed by atoms with van der Waals surface area (Å²) in [7, 11) is 1.56. The van der Waals surface area contributed by atoms with Crippen molar-refractivity contribution in [2.24, 2.45) is 0 Å². The van der Waals surface area contributed by atoms with E-state index >= 15 is 0 Å². The Bertz CT molecular complexity index is 486. The number of benzene rings is 1. The lowest BCUT2D eigenvalue weighted by molar-refractivity contribution is 0.0700. The quantitative estimate of drug-likeness (QED) is 0.811. The third-order valence-corrected chi connectivity index (χ3v) is 3.25. The van der Waals surface area contributed by atoms with E-state index in [2.05, 4.69) is 0 Å². The molecule has 0 saturated heterocycles. The standard InChI is InChI=1S/C13H14Cl2N2O2/c1-19-8-7-17(6-2-5-16)13(18)10-3-4-11(14)12(15)9-10/h3-4,9H,2,6-8H2,1H3. The predicted octanol–water partition coefficient (Wildman–Crippen LogP) is 3.00. The van der Waals surface area contributed by atoms with E-state index in [4.69, 9.17) is 33.2 Å². The van der Waals surface area contributed by atoms with E-state index < -0.39 is 0 Å². The molecule has 19 heavy (non-hydrogen) atoms. The minimum Gasteiger partial charge on any atom is -0.383 e. The van der Waals surface area contributed by atoms with E-state index in [1.165, 1.54) is 6.07 Å². The summed E-state index contributed by atoms with van der Waals surface area (Å²) in [4.78, 5) is 13.8. The predicted molar refractivity (Wildman–Crippen MR) is 74.5 cm³/mol. The van der Waals surface area contributed by atoms with Gasteiger partial charge in [-0.2, -0.15) is 5.26 Å². The van der Waals surface area contributed by atoms with Crippen LogP contribution >= 0.6 is 23.2 Å². The van der Waals surface area contributed by atoms with Crippen molar-refractivity contribution in [2.45, 2.75) is 6.42 Å². The highest BCUT2D eigenvalue weighted by atomic mass is 35.5. The number of amides is 1. The molecule has 6 heteroatoms. The van der Waals surface area contributed by atoms with Gasteiger partial charge in [0.1, 0.15) is 0 Å². The molecule has 0 radical (unpaired) electrons. The van der Waals surface area contributed by atoms with Gasteiger partial charge in [-0.05, 0) is 18.2 Å². The molecule has 1 amide bonds. The molecule has 0 atom stereocenters. The van der Waals surface area contributed by atoms with Gasteiger partial charge in [-0.15, -0.1) is 0 Å². The molecular formula is C13H14Cl2N2O2. The SMILES string of the molecule is COCCN(CCC#N)C(=O)c1ccc(Cl)c(Cl)c1. The molecule has 0 bridgehead atoms. The Morgan fingerprint density at radius 2 is 2.11 bits per heavy atom. The summed E-state index contributed by atoms with van der Waals surface area (Å²) < 4.78 is 4.96. The molecule has 0 fully saturated rings. The van der Waals surface area contributed by atoms with Gasteiger partial charge in [0.2, 0.25) is 0 Å². The molecule has 102 valence electrons. The monoisotopic (exact) mass is 300 g/mol. The molecule has 0 heterocycles. The lowest BCUT2D eigenvalue weighted by Gasteiger charge is -2.21. The van der Waals surface area contributed by atoms with Crippen molar-refractivity contribution >= 4 is 29.1 Å². The molecule has 0 unspecified atom stereocenters. The van der Waals surface area contributed by atoms with Gasteiger partial charge in [0.05, 0.1) is 29.1 Å². The van der Waals surface area contributed by atoms with Gasteiger partial charge in [0.15, 0.2) is 0 Å². The number of nitrogens with zero attached hydrogens (tertiary/aromatic N) is 2. The molecule has 0 saturated carbocycles. The fraction of sp³-hybridized carbons (Fsp3) is 0.385. The van der Waals surface area contributed by atoms with Crippen LogP contribution in [0.15, 0.2) is 18.2 Å². The molecule has 0 aromatic heterocycles. The van der Waals surface area contributed by atoms with Crippen molar-refractivity contribution in [3.63, 3.8) is 0 Å². The largest absolute Gasteiger partial charge is 0.383 e. The van der Waals surface area contributed by atoms with Crippen LogP contribution in [0.4, 0.5) is 0 Å². The Hall–Kier alpha value is -1.28. The van der Waals surface area contributed by atoms with Crippen LogP contribution in [-0.4, -0.2) is 37.6 Å². The van der Waals surface area contributed by atoms with Crippen molar-refractivity contribution < 1.29 is 9.53 Å². The second kappa shape index (κ2) is 8.00. The average Bonchev–Trinajstić information content (AvgIpc) is 2.41. The highest BCUT2D eigenvalue weighted by molar-refractivity contribution is 6.42. The number of nitriles is 1. The first kappa shape index (κ1) is 15.8. The third-order valence-electron chi connectivity index (χ3n) is 2.51. The van der Waals surface area contributed by atoms with Crippen LogP contribution in [0.2, 0.25) is 10.0 Å². The van der Waals surface area contributed by atoms with Gasteiger partial charge in [-0.1, -0.05) is 23.2 Å². The van der Waals surface area contributed by atoms with Crippen molar-refractivity contribution in [1.82, 2.24) is 4.90 Å². The zero-order chi connectivity index (χ0) is 14.3. The summed E-state index contributed by atoms with van der Waals surface area (Å²) in [6.07, 6.45) is 0.275. The van der Waals surface area contributed by atoms with Crippen LogP contribution in [0.3, 0.4) is 0 Å². The summed E-state index contributed by atoms with van der Waals surface area (Å²) in [6.45, 7) is 1.20. The molecule has 0 spiro atoms. The zero-order valence-electron chi connectivity index (χ0n) is 10.5. The first-order chi connectivity index (χ1) is 9.10. The van der Waals surface area contributed by atoms with Gasteiger partial charge in [-0.3, -0.25) is 4.79 Å². The van der Waals surface area contributed by atoms with E-state index in [1.54, 1.807) is 24.1 Å². The number of ether oxygens (including phenoxy) is 1. The second-order valence-corrected chi connectivity index (χ2v) is 4.64. The fourth-order valence-electron chi connectivity index (χ4n) is 1.51. The van der Waals surface area contributed by atoms with Crippen molar-refractivity contribution in [2.75, 3.05) is 26.8 Å². The van der Waals surface area contributed by atoms with Gasteiger partial charge >= 0.3 is 0 Å². The Labute approximate surface area is 122 Å². The molecule has 4 nitrogen and oxygen atoms in total. The Morgan fingerprint density at radius 1 is 1.37 bits per heavy atom. The summed E-state index contributed by atoms with van der Waals surface area (Å²) in [6, 6.07) is 6.74. The summed E-state index contributed by atoms with van der Waals surface area (Å²) >= 11 is 11.7. The topological polar surface area (TPSA) is 53.3 Å². The fourth-order valence-corrected chi connectivity index (χ4v) is 1.81. The average molecular weight is 301 g/mol. The van der Waals surface area contributed by atoms with E-state index in [0.717, 1.165) is 0 Å².